The van der Waals surface area contributed by atoms with Gasteiger partial charge in [-0.3, -0.25) is 4.79 Å². The first-order valence-corrected chi connectivity index (χ1v) is 5.52. The second kappa shape index (κ2) is 3.92. The van der Waals surface area contributed by atoms with Crippen LogP contribution in [0.1, 0.15) is 5.76 Å². The van der Waals surface area contributed by atoms with E-state index in [2.05, 4.69) is 15.5 Å². The molecular weight excluding hydrogens is 256 g/mol. The lowest BCUT2D eigenvalue weighted by molar-refractivity contribution is 0.392. The van der Waals surface area contributed by atoms with Gasteiger partial charge in [0.15, 0.2) is 0 Å². The molecule has 3 aromatic rings. The quantitative estimate of drug-likeness (QED) is 0.668. The average Bonchev–Trinajstić information content (AvgIpc) is 2.76. The van der Waals surface area contributed by atoms with Crippen LogP contribution in [0.2, 0.25) is 5.02 Å². The van der Waals surface area contributed by atoms with Gasteiger partial charge in [0.2, 0.25) is 5.82 Å². The van der Waals surface area contributed by atoms with Crippen molar-refractivity contribution in [2.45, 2.75) is 6.92 Å². The van der Waals surface area contributed by atoms with Gasteiger partial charge in [-0.25, -0.2) is 0 Å². The zero-order valence-electron chi connectivity index (χ0n) is 9.29. The fourth-order valence-electron chi connectivity index (χ4n) is 1.62. The van der Waals surface area contributed by atoms with Gasteiger partial charge in [0.05, 0.1) is 5.39 Å². The number of benzene rings is 1. The highest BCUT2D eigenvalue weighted by molar-refractivity contribution is 6.31. The van der Waals surface area contributed by atoms with Gasteiger partial charge in [0.25, 0.3) is 5.56 Å². The minimum absolute atomic E-state index is 0.307. The molecule has 0 bridgehead atoms. The highest BCUT2D eigenvalue weighted by atomic mass is 35.5. The number of nitrogens with zero attached hydrogens (tertiary/aromatic N) is 4. The summed E-state index contributed by atoms with van der Waals surface area (Å²) >= 11 is 5.83. The summed E-state index contributed by atoms with van der Waals surface area (Å²) in [6, 6.07) is 6.44. The van der Waals surface area contributed by atoms with E-state index in [1.165, 1.54) is 0 Å². The van der Waals surface area contributed by atoms with Gasteiger partial charge in [0, 0.05) is 11.1 Å². The Labute approximate surface area is 106 Å². The molecule has 0 aliphatic rings. The minimum Gasteiger partial charge on any atom is -0.359 e. The Morgan fingerprint density at radius 1 is 1.33 bits per heavy atom. The van der Waals surface area contributed by atoms with E-state index in [-0.39, 0.29) is 5.56 Å². The van der Waals surface area contributed by atoms with Crippen molar-refractivity contribution in [2.75, 3.05) is 0 Å². The fraction of sp³-hybridized carbons (Fsp3) is 0.0909. The standard InChI is InChI=1S/C11H7ClN4O2/c1-6-4-10(14-18-6)16-11(17)8-3-2-7(12)5-9(8)13-15-16/h2-5H,1H3. The average molecular weight is 263 g/mol. The summed E-state index contributed by atoms with van der Waals surface area (Å²) in [6.45, 7) is 1.73. The van der Waals surface area contributed by atoms with Crippen molar-refractivity contribution in [3.05, 3.63) is 45.4 Å². The fourth-order valence-corrected chi connectivity index (χ4v) is 1.79. The van der Waals surface area contributed by atoms with Crippen LogP contribution >= 0.6 is 11.6 Å². The van der Waals surface area contributed by atoms with Crippen LogP contribution in [0.4, 0.5) is 0 Å². The topological polar surface area (TPSA) is 73.8 Å². The maximum atomic E-state index is 12.2. The minimum atomic E-state index is -0.315. The number of hydrogen-bond donors (Lipinski definition) is 0. The van der Waals surface area contributed by atoms with Crippen LogP contribution in [0, 0.1) is 6.92 Å². The number of hydrogen-bond acceptors (Lipinski definition) is 5. The Kier molecular flexibility index (Phi) is 2.38. The predicted molar refractivity (Wildman–Crippen MR) is 64.9 cm³/mol. The van der Waals surface area contributed by atoms with E-state index in [4.69, 9.17) is 16.1 Å². The molecule has 0 N–H and O–H groups in total. The van der Waals surface area contributed by atoms with Crippen molar-refractivity contribution < 1.29 is 4.52 Å². The lowest BCUT2D eigenvalue weighted by Gasteiger charge is -2.00. The van der Waals surface area contributed by atoms with Crippen molar-refractivity contribution in [2.24, 2.45) is 0 Å². The van der Waals surface area contributed by atoms with Crippen LogP contribution in [-0.2, 0) is 0 Å². The molecule has 0 saturated carbocycles. The van der Waals surface area contributed by atoms with Crippen LogP contribution in [0.5, 0.6) is 0 Å². The number of fused-ring (bicyclic) bond motifs is 1. The first-order valence-electron chi connectivity index (χ1n) is 5.14. The van der Waals surface area contributed by atoms with Crippen molar-refractivity contribution in [3.8, 4) is 5.82 Å². The Morgan fingerprint density at radius 3 is 2.89 bits per heavy atom. The highest BCUT2D eigenvalue weighted by Crippen LogP contribution is 2.14. The van der Waals surface area contributed by atoms with Gasteiger partial charge < -0.3 is 4.52 Å². The summed E-state index contributed by atoms with van der Waals surface area (Å²) in [7, 11) is 0. The summed E-state index contributed by atoms with van der Waals surface area (Å²) in [5.74, 6) is 0.900. The van der Waals surface area contributed by atoms with E-state index < -0.39 is 0 Å². The first kappa shape index (κ1) is 10.9. The molecule has 3 rings (SSSR count). The number of halogens is 1. The van der Waals surface area contributed by atoms with E-state index in [0.29, 0.717) is 27.5 Å². The van der Waals surface area contributed by atoms with Gasteiger partial charge in [-0.1, -0.05) is 22.0 Å². The maximum absolute atomic E-state index is 12.2. The molecule has 90 valence electrons. The Hall–Kier alpha value is -2.21. The molecule has 0 atom stereocenters. The van der Waals surface area contributed by atoms with Crippen molar-refractivity contribution >= 4 is 22.5 Å². The zero-order chi connectivity index (χ0) is 12.7. The smallest absolute Gasteiger partial charge is 0.283 e. The molecule has 2 aromatic heterocycles. The first-order chi connectivity index (χ1) is 8.65. The van der Waals surface area contributed by atoms with E-state index in [1.807, 2.05) is 0 Å². The molecule has 0 fully saturated rings. The van der Waals surface area contributed by atoms with Gasteiger partial charge in [-0.2, -0.15) is 4.68 Å². The Balaban J connectivity index is 2.30. The van der Waals surface area contributed by atoms with Crippen LogP contribution in [0.3, 0.4) is 0 Å². The largest absolute Gasteiger partial charge is 0.359 e. The molecule has 0 aliphatic carbocycles. The second-order valence-corrected chi connectivity index (χ2v) is 4.20. The normalized spacial score (nSPS) is 11.0. The molecule has 0 radical (unpaired) electrons. The van der Waals surface area contributed by atoms with Crippen molar-refractivity contribution in [3.63, 3.8) is 0 Å². The zero-order valence-corrected chi connectivity index (χ0v) is 10.0. The summed E-state index contributed by atoms with van der Waals surface area (Å²) < 4.78 is 6.00. The maximum Gasteiger partial charge on any atom is 0.283 e. The molecule has 6 nitrogen and oxygen atoms in total. The third kappa shape index (κ3) is 1.67. The van der Waals surface area contributed by atoms with E-state index >= 15 is 0 Å². The SMILES string of the molecule is Cc1cc(-n2nnc3cc(Cl)ccc3c2=O)no1. The van der Waals surface area contributed by atoms with Crippen LogP contribution in [-0.4, -0.2) is 20.2 Å². The molecule has 0 spiro atoms. The van der Waals surface area contributed by atoms with E-state index in [0.717, 1.165) is 4.68 Å². The molecule has 0 saturated heterocycles. The third-order valence-corrected chi connectivity index (χ3v) is 2.69. The lowest BCUT2D eigenvalue weighted by atomic mass is 10.2. The van der Waals surface area contributed by atoms with Crippen molar-refractivity contribution in [1.29, 1.82) is 0 Å². The van der Waals surface area contributed by atoms with Gasteiger partial charge in [0.1, 0.15) is 11.3 Å². The van der Waals surface area contributed by atoms with Crippen LogP contribution in [0.25, 0.3) is 16.7 Å². The Morgan fingerprint density at radius 2 is 2.17 bits per heavy atom. The van der Waals surface area contributed by atoms with Crippen LogP contribution in [0.15, 0.2) is 33.6 Å². The monoisotopic (exact) mass is 262 g/mol. The molecule has 2 heterocycles. The summed E-state index contributed by atoms with van der Waals surface area (Å²) in [6.07, 6.45) is 0. The molecular formula is C11H7ClN4O2. The Bertz CT molecular complexity index is 793. The molecule has 7 heteroatoms. The molecule has 0 aliphatic heterocycles. The molecule has 1 aromatic carbocycles. The molecule has 0 unspecified atom stereocenters. The van der Waals surface area contributed by atoms with Crippen LogP contribution < -0.4 is 5.56 Å². The predicted octanol–water partition coefficient (Wildman–Crippen LogP) is 1.73. The summed E-state index contributed by atoms with van der Waals surface area (Å²) in [4.78, 5) is 12.2. The van der Waals surface area contributed by atoms with Gasteiger partial charge in [-0.15, -0.1) is 5.10 Å². The third-order valence-electron chi connectivity index (χ3n) is 2.46. The number of aromatic nitrogens is 4. The summed E-state index contributed by atoms with van der Waals surface area (Å²) in [5, 5.41) is 12.4. The van der Waals surface area contributed by atoms with E-state index in [1.54, 1.807) is 31.2 Å². The second-order valence-electron chi connectivity index (χ2n) is 3.76. The lowest BCUT2D eigenvalue weighted by Crippen LogP contribution is -2.22. The molecule has 0 amide bonds. The van der Waals surface area contributed by atoms with E-state index in [9.17, 15) is 4.79 Å². The summed E-state index contributed by atoms with van der Waals surface area (Å²) in [5.41, 5.74) is 0.133. The van der Waals surface area contributed by atoms with Gasteiger partial charge >= 0.3 is 0 Å². The number of rotatable bonds is 1. The van der Waals surface area contributed by atoms with Crippen molar-refractivity contribution in [1.82, 2.24) is 20.2 Å². The molecule has 18 heavy (non-hydrogen) atoms. The highest BCUT2D eigenvalue weighted by Gasteiger charge is 2.10. The van der Waals surface area contributed by atoms with Gasteiger partial charge in [-0.05, 0) is 25.1 Å². The number of aryl methyl sites for hydroxylation is 1.